The van der Waals surface area contributed by atoms with Gasteiger partial charge >= 0.3 is 17.8 Å². The second-order valence-electron chi connectivity index (χ2n) is 10.9. The molecule has 2 aromatic rings. The molecule has 0 saturated carbocycles. The van der Waals surface area contributed by atoms with Gasteiger partial charge in [-0.05, 0) is 58.7 Å². The monoisotopic (exact) mass is 543 g/mol. The van der Waals surface area contributed by atoms with Crippen LogP contribution in [0.2, 0.25) is 0 Å². The van der Waals surface area contributed by atoms with Crippen molar-refractivity contribution in [3.63, 3.8) is 0 Å². The Morgan fingerprint density at radius 2 is 1.79 bits per heavy atom. The number of carbonyl (C=O) groups is 5. The van der Waals surface area contributed by atoms with Gasteiger partial charge < -0.3 is 19.5 Å². The van der Waals surface area contributed by atoms with E-state index in [4.69, 9.17) is 14.2 Å². The van der Waals surface area contributed by atoms with Crippen LogP contribution in [0.4, 0.5) is 5.00 Å². The summed E-state index contributed by atoms with van der Waals surface area (Å²) in [5.41, 5.74) is -0.194. The Labute approximate surface area is 223 Å². The molecule has 0 fully saturated rings. The van der Waals surface area contributed by atoms with E-state index in [0.717, 1.165) is 16.2 Å². The highest BCUT2D eigenvalue weighted by atomic mass is 32.1. The van der Waals surface area contributed by atoms with E-state index in [9.17, 15) is 24.0 Å². The molecule has 2 aliphatic heterocycles. The molecule has 0 radical (unpaired) electrons. The molecule has 1 atom stereocenters. The van der Waals surface area contributed by atoms with Crippen molar-refractivity contribution in [3.05, 3.63) is 45.6 Å². The van der Waals surface area contributed by atoms with Crippen molar-refractivity contribution < 1.29 is 38.2 Å². The summed E-state index contributed by atoms with van der Waals surface area (Å²) in [6, 6.07) is 1.68. The van der Waals surface area contributed by atoms with Gasteiger partial charge in [0.1, 0.15) is 22.3 Å². The van der Waals surface area contributed by atoms with Crippen LogP contribution in [0, 0.1) is 0 Å². The highest BCUT2D eigenvalue weighted by Gasteiger charge is 2.40. The quantitative estimate of drug-likeness (QED) is 0.351. The van der Waals surface area contributed by atoms with Crippen molar-refractivity contribution >= 4 is 46.0 Å². The molecule has 38 heavy (non-hydrogen) atoms. The van der Waals surface area contributed by atoms with Gasteiger partial charge in [0.25, 0.3) is 11.8 Å². The lowest BCUT2D eigenvalue weighted by atomic mass is 9.99. The Kier molecular flexibility index (Phi) is 7.15. The average Bonchev–Trinajstić information content (AvgIpc) is 3.33. The lowest BCUT2D eigenvalue weighted by molar-refractivity contribution is -0.161. The number of fused-ring (bicyclic) bond motifs is 2. The molecule has 0 aromatic carbocycles. The summed E-state index contributed by atoms with van der Waals surface area (Å²) >= 11 is 1.05. The number of anilines is 1. The lowest BCUT2D eigenvalue weighted by Crippen LogP contribution is -2.43. The summed E-state index contributed by atoms with van der Waals surface area (Å²) in [6.07, 6.45) is 1.90. The number of rotatable bonds is 3. The predicted molar refractivity (Wildman–Crippen MR) is 135 cm³/mol. The summed E-state index contributed by atoms with van der Waals surface area (Å²) in [5, 5.41) is 2.56. The molecule has 11 nitrogen and oxygen atoms in total. The molecule has 0 spiro atoms. The number of hydrogen-bond donors (Lipinski definition) is 1. The first-order valence-corrected chi connectivity index (χ1v) is 12.8. The Bertz CT molecular complexity index is 1330. The molecule has 0 aliphatic carbocycles. The SMILES string of the molecule is CC(C)(C)OC(=O)C(=O)Nc1sc2c(c1C(=O)OC(C)(C)C)CC(C(=O)N1Cc3ccncc3C1=O)OC2. The second-order valence-corrected chi connectivity index (χ2v) is 12.0. The van der Waals surface area contributed by atoms with Crippen LogP contribution in [0.25, 0.3) is 0 Å². The van der Waals surface area contributed by atoms with Crippen molar-refractivity contribution in [1.29, 1.82) is 0 Å². The number of nitrogens with zero attached hydrogens (tertiary/aromatic N) is 2. The van der Waals surface area contributed by atoms with Gasteiger partial charge in [-0.3, -0.25) is 24.3 Å². The highest BCUT2D eigenvalue weighted by molar-refractivity contribution is 7.17. The molecular weight excluding hydrogens is 514 g/mol. The summed E-state index contributed by atoms with van der Waals surface area (Å²) < 4.78 is 16.5. The van der Waals surface area contributed by atoms with Gasteiger partial charge in [-0.2, -0.15) is 0 Å². The minimum Gasteiger partial charge on any atom is -0.456 e. The molecule has 1 unspecified atom stereocenters. The topological polar surface area (TPSA) is 141 Å². The number of pyridine rings is 1. The fourth-order valence-electron chi connectivity index (χ4n) is 4.03. The molecule has 4 rings (SSSR count). The first kappa shape index (κ1) is 27.4. The lowest BCUT2D eigenvalue weighted by Gasteiger charge is -2.26. The zero-order valence-electron chi connectivity index (χ0n) is 22.0. The standard InChI is InChI=1S/C26H29N3O8S/c1-25(2,3)36-23(33)18-14-9-16(22(32)29-11-13-7-8-27-10-15(13)21(29)31)35-12-17(14)38-20(18)28-19(30)24(34)37-26(4,5)6/h7-8,10,16H,9,11-12H2,1-6H3,(H,28,30). The van der Waals surface area contributed by atoms with E-state index in [1.165, 1.54) is 6.20 Å². The van der Waals surface area contributed by atoms with Crippen molar-refractivity contribution in [1.82, 2.24) is 9.88 Å². The van der Waals surface area contributed by atoms with E-state index in [2.05, 4.69) is 10.3 Å². The smallest absolute Gasteiger partial charge is 0.397 e. The van der Waals surface area contributed by atoms with Crippen LogP contribution in [0.1, 0.15) is 78.3 Å². The van der Waals surface area contributed by atoms with Crippen molar-refractivity contribution in [2.24, 2.45) is 0 Å². The molecule has 2 aromatic heterocycles. The van der Waals surface area contributed by atoms with E-state index < -0.39 is 47.0 Å². The van der Waals surface area contributed by atoms with E-state index in [-0.39, 0.29) is 30.1 Å². The number of carbonyl (C=O) groups excluding carboxylic acids is 5. The number of ether oxygens (including phenoxy) is 3. The van der Waals surface area contributed by atoms with Gasteiger partial charge in [0.15, 0.2) is 0 Å². The maximum absolute atomic E-state index is 13.3. The number of amides is 3. The maximum Gasteiger partial charge on any atom is 0.397 e. The van der Waals surface area contributed by atoms with Gasteiger partial charge in [0.2, 0.25) is 0 Å². The van der Waals surface area contributed by atoms with Gasteiger partial charge in [0, 0.05) is 23.7 Å². The van der Waals surface area contributed by atoms with Gasteiger partial charge in [-0.1, -0.05) is 0 Å². The normalized spacial score (nSPS) is 16.9. The van der Waals surface area contributed by atoms with Crippen LogP contribution in [-0.2, 0) is 48.2 Å². The first-order chi connectivity index (χ1) is 17.6. The number of hydrogen-bond acceptors (Lipinski definition) is 10. The van der Waals surface area contributed by atoms with Gasteiger partial charge in [0.05, 0.1) is 24.3 Å². The van der Waals surface area contributed by atoms with Crippen LogP contribution in [-0.4, -0.2) is 56.9 Å². The number of nitrogens with one attached hydrogen (secondary N) is 1. The molecule has 0 saturated heterocycles. The molecule has 12 heteroatoms. The summed E-state index contributed by atoms with van der Waals surface area (Å²) in [4.78, 5) is 69.9. The number of imide groups is 1. The van der Waals surface area contributed by atoms with Crippen LogP contribution in [0.15, 0.2) is 18.5 Å². The Morgan fingerprint density at radius 1 is 1.11 bits per heavy atom. The molecule has 0 bridgehead atoms. The van der Waals surface area contributed by atoms with Crippen molar-refractivity contribution in [3.8, 4) is 0 Å². The van der Waals surface area contributed by atoms with Crippen LogP contribution in [0.5, 0.6) is 0 Å². The Hall–Kier alpha value is -3.64. The molecule has 3 amide bonds. The maximum atomic E-state index is 13.3. The van der Waals surface area contributed by atoms with E-state index >= 15 is 0 Å². The van der Waals surface area contributed by atoms with Crippen LogP contribution < -0.4 is 5.32 Å². The van der Waals surface area contributed by atoms with Gasteiger partial charge in [-0.15, -0.1) is 11.3 Å². The highest BCUT2D eigenvalue weighted by Crippen LogP contribution is 2.39. The second kappa shape index (κ2) is 9.91. The number of esters is 2. The minimum absolute atomic E-state index is 0.0279. The van der Waals surface area contributed by atoms with Crippen molar-refractivity contribution in [2.75, 3.05) is 5.32 Å². The fourth-order valence-corrected chi connectivity index (χ4v) is 5.16. The molecule has 2 aliphatic rings. The third kappa shape index (κ3) is 5.76. The molecular formula is C26H29N3O8S. The predicted octanol–water partition coefficient (Wildman–Crippen LogP) is 3.00. The van der Waals surface area contributed by atoms with E-state index in [1.54, 1.807) is 53.8 Å². The fraction of sp³-hybridized carbons (Fsp3) is 0.462. The van der Waals surface area contributed by atoms with Crippen LogP contribution >= 0.6 is 11.3 Å². The Morgan fingerprint density at radius 3 is 2.42 bits per heavy atom. The summed E-state index contributed by atoms with van der Waals surface area (Å²) in [7, 11) is 0. The number of thiophene rings is 1. The number of aromatic nitrogens is 1. The zero-order valence-corrected chi connectivity index (χ0v) is 22.8. The third-order valence-corrected chi connectivity index (χ3v) is 6.69. The zero-order chi connectivity index (χ0) is 28.0. The van der Waals surface area contributed by atoms with Crippen molar-refractivity contribution in [2.45, 2.75) is 78.4 Å². The van der Waals surface area contributed by atoms with E-state index in [0.29, 0.717) is 21.6 Å². The third-order valence-electron chi connectivity index (χ3n) is 5.57. The summed E-state index contributed by atoms with van der Waals surface area (Å²) in [5.74, 6) is -3.89. The first-order valence-electron chi connectivity index (χ1n) is 12.0. The molecule has 1 N–H and O–H groups in total. The Balaban J connectivity index is 1.61. The summed E-state index contributed by atoms with van der Waals surface area (Å²) in [6.45, 7) is 10.0. The molecule has 202 valence electrons. The van der Waals surface area contributed by atoms with E-state index in [1.807, 2.05) is 0 Å². The largest absolute Gasteiger partial charge is 0.456 e. The minimum atomic E-state index is -1.11. The average molecular weight is 544 g/mol. The van der Waals surface area contributed by atoms with Crippen LogP contribution in [0.3, 0.4) is 0 Å². The molecule has 4 heterocycles. The van der Waals surface area contributed by atoms with Gasteiger partial charge in [-0.25, -0.2) is 9.59 Å².